The number of rotatable bonds is 6. The van der Waals surface area contributed by atoms with E-state index in [0.29, 0.717) is 6.04 Å². The van der Waals surface area contributed by atoms with Crippen LogP contribution in [-0.2, 0) is 12.8 Å². The predicted octanol–water partition coefficient (Wildman–Crippen LogP) is 2.31. The first-order valence-electron chi connectivity index (χ1n) is 5.73. The molecule has 1 rings (SSSR count). The predicted molar refractivity (Wildman–Crippen MR) is 68.3 cm³/mol. The third-order valence-electron chi connectivity index (χ3n) is 2.82. The van der Waals surface area contributed by atoms with Gasteiger partial charge in [-0.1, -0.05) is 13.8 Å². The molecule has 0 fully saturated rings. The van der Waals surface area contributed by atoms with Crippen LogP contribution in [0, 0.1) is 0 Å². The largest absolute Gasteiger partial charge is 0.327 e. The van der Waals surface area contributed by atoms with Crippen molar-refractivity contribution in [3.63, 3.8) is 0 Å². The van der Waals surface area contributed by atoms with Crippen LogP contribution in [0.25, 0.3) is 0 Å². The summed E-state index contributed by atoms with van der Waals surface area (Å²) < 4.78 is 0. The smallest absolute Gasteiger partial charge is 0.00932 e. The molecule has 86 valence electrons. The maximum Gasteiger partial charge on any atom is 0.00932 e. The molecular weight excluding hydrogens is 204 g/mol. The van der Waals surface area contributed by atoms with Gasteiger partial charge in [-0.2, -0.15) is 0 Å². The molecule has 15 heavy (non-hydrogen) atoms. The average Bonchev–Trinajstić information content (AvgIpc) is 2.65. The maximum absolute atomic E-state index is 5.97. The van der Waals surface area contributed by atoms with Crippen LogP contribution in [0.5, 0.6) is 0 Å². The molecule has 2 nitrogen and oxygen atoms in total. The molecule has 0 aliphatic carbocycles. The zero-order chi connectivity index (χ0) is 11.3. The minimum absolute atomic E-state index is 0.288. The van der Waals surface area contributed by atoms with E-state index in [1.54, 1.807) is 0 Å². The molecule has 0 aliphatic rings. The van der Waals surface area contributed by atoms with E-state index >= 15 is 0 Å². The van der Waals surface area contributed by atoms with Crippen LogP contribution in [0.3, 0.4) is 0 Å². The fourth-order valence-electron chi connectivity index (χ4n) is 1.54. The Kier molecular flexibility index (Phi) is 5.29. The number of nitrogens with two attached hydrogens (primary N) is 2. The first-order valence-corrected chi connectivity index (χ1v) is 6.61. The molecule has 3 heteroatoms. The quantitative estimate of drug-likeness (QED) is 0.782. The van der Waals surface area contributed by atoms with Crippen molar-refractivity contribution in [2.75, 3.05) is 0 Å². The normalized spacial score (nSPS) is 15.2. The van der Waals surface area contributed by atoms with Crippen LogP contribution < -0.4 is 11.5 Å². The van der Waals surface area contributed by atoms with Gasteiger partial charge in [0.15, 0.2) is 0 Å². The van der Waals surface area contributed by atoms with E-state index in [1.165, 1.54) is 10.4 Å². The SMILES string of the molecule is CCC(N)Cc1ccsc1CC(N)CC. The second kappa shape index (κ2) is 6.26. The number of hydrogen-bond donors (Lipinski definition) is 2. The molecule has 2 atom stereocenters. The second-order valence-electron chi connectivity index (χ2n) is 4.11. The van der Waals surface area contributed by atoms with Crippen LogP contribution in [0.15, 0.2) is 11.4 Å². The Bertz CT molecular complexity index is 256. The van der Waals surface area contributed by atoms with E-state index in [1.807, 2.05) is 11.3 Å². The Balaban J connectivity index is 2.60. The zero-order valence-electron chi connectivity index (χ0n) is 9.70. The Morgan fingerprint density at radius 3 is 2.33 bits per heavy atom. The van der Waals surface area contributed by atoms with E-state index < -0.39 is 0 Å². The molecule has 0 radical (unpaired) electrons. The highest BCUT2D eigenvalue weighted by Gasteiger charge is 2.10. The molecule has 0 aliphatic heterocycles. The van der Waals surface area contributed by atoms with E-state index in [-0.39, 0.29) is 6.04 Å². The summed E-state index contributed by atoms with van der Waals surface area (Å²) in [6.45, 7) is 4.27. The lowest BCUT2D eigenvalue weighted by atomic mass is 10.0. The van der Waals surface area contributed by atoms with Crippen molar-refractivity contribution in [2.45, 2.75) is 51.6 Å². The summed E-state index contributed by atoms with van der Waals surface area (Å²) in [6.07, 6.45) is 4.07. The van der Waals surface area contributed by atoms with Crippen molar-refractivity contribution in [3.8, 4) is 0 Å². The van der Waals surface area contributed by atoms with E-state index in [4.69, 9.17) is 11.5 Å². The minimum atomic E-state index is 0.288. The zero-order valence-corrected chi connectivity index (χ0v) is 10.5. The Morgan fingerprint density at radius 1 is 1.13 bits per heavy atom. The lowest BCUT2D eigenvalue weighted by Gasteiger charge is -2.12. The summed E-state index contributed by atoms with van der Waals surface area (Å²) in [5, 5.41) is 2.15. The van der Waals surface area contributed by atoms with Crippen LogP contribution in [0.1, 0.15) is 37.1 Å². The van der Waals surface area contributed by atoms with Gasteiger partial charge in [0.25, 0.3) is 0 Å². The van der Waals surface area contributed by atoms with Crippen LogP contribution in [-0.4, -0.2) is 12.1 Å². The summed E-state index contributed by atoms with van der Waals surface area (Å²) in [7, 11) is 0. The molecule has 1 aromatic rings. The van der Waals surface area contributed by atoms with Gasteiger partial charge in [-0.25, -0.2) is 0 Å². The number of thiophene rings is 1. The van der Waals surface area contributed by atoms with Gasteiger partial charge in [-0.3, -0.25) is 0 Å². The van der Waals surface area contributed by atoms with Gasteiger partial charge >= 0.3 is 0 Å². The van der Waals surface area contributed by atoms with Crippen molar-refractivity contribution in [1.29, 1.82) is 0 Å². The topological polar surface area (TPSA) is 52.0 Å². The van der Waals surface area contributed by atoms with Crippen LogP contribution in [0.4, 0.5) is 0 Å². The van der Waals surface area contributed by atoms with Gasteiger partial charge in [0.1, 0.15) is 0 Å². The Labute approximate surface area is 96.7 Å². The molecule has 0 amide bonds. The van der Waals surface area contributed by atoms with Gasteiger partial charge < -0.3 is 11.5 Å². The van der Waals surface area contributed by atoms with Crippen molar-refractivity contribution in [1.82, 2.24) is 0 Å². The summed E-state index contributed by atoms with van der Waals surface area (Å²) in [5.41, 5.74) is 13.3. The van der Waals surface area contributed by atoms with Crippen LogP contribution in [0.2, 0.25) is 0 Å². The Hall–Kier alpha value is -0.380. The first-order chi connectivity index (χ1) is 7.17. The summed E-state index contributed by atoms with van der Waals surface area (Å²) in [4.78, 5) is 1.42. The van der Waals surface area contributed by atoms with Crippen molar-refractivity contribution >= 4 is 11.3 Å². The lowest BCUT2D eigenvalue weighted by molar-refractivity contribution is 0.626. The standard InChI is InChI=1S/C12H22N2S/c1-3-10(13)7-9-5-6-15-12(9)8-11(14)4-2/h5-6,10-11H,3-4,7-8,13-14H2,1-2H3. The third-order valence-corrected chi connectivity index (χ3v) is 3.80. The van der Waals surface area contributed by atoms with E-state index in [2.05, 4.69) is 25.3 Å². The van der Waals surface area contributed by atoms with Gasteiger partial charge in [0.05, 0.1) is 0 Å². The van der Waals surface area contributed by atoms with Gasteiger partial charge in [0.2, 0.25) is 0 Å². The Morgan fingerprint density at radius 2 is 1.73 bits per heavy atom. The van der Waals surface area contributed by atoms with Crippen LogP contribution >= 0.6 is 11.3 Å². The molecule has 0 aromatic carbocycles. The average molecular weight is 226 g/mol. The van der Waals surface area contributed by atoms with Crippen molar-refractivity contribution in [3.05, 3.63) is 21.9 Å². The molecular formula is C12H22N2S. The molecule has 1 aromatic heterocycles. The summed E-state index contributed by atoms with van der Waals surface area (Å²) >= 11 is 1.81. The van der Waals surface area contributed by atoms with Gasteiger partial charge in [-0.05, 0) is 42.7 Å². The third kappa shape index (κ3) is 3.93. The van der Waals surface area contributed by atoms with Crippen molar-refractivity contribution in [2.24, 2.45) is 11.5 Å². The fourth-order valence-corrected chi connectivity index (χ4v) is 2.55. The molecule has 2 unspecified atom stereocenters. The van der Waals surface area contributed by atoms with Gasteiger partial charge in [0, 0.05) is 17.0 Å². The van der Waals surface area contributed by atoms with Crippen molar-refractivity contribution < 1.29 is 0 Å². The monoisotopic (exact) mass is 226 g/mol. The minimum Gasteiger partial charge on any atom is -0.327 e. The molecule has 0 spiro atoms. The molecule has 0 saturated carbocycles. The number of hydrogen-bond acceptors (Lipinski definition) is 3. The van der Waals surface area contributed by atoms with E-state index in [9.17, 15) is 0 Å². The van der Waals surface area contributed by atoms with Gasteiger partial charge in [-0.15, -0.1) is 11.3 Å². The maximum atomic E-state index is 5.97. The first kappa shape index (κ1) is 12.7. The molecule has 1 heterocycles. The lowest BCUT2D eigenvalue weighted by Crippen LogP contribution is -2.24. The van der Waals surface area contributed by atoms with E-state index in [0.717, 1.165) is 25.7 Å². The molecule has 0 saturated heterocycles. The second-order valence-corrected chi connectivity index (χ2v) is 5.11. The molecule has 0 bridgehead atoms. The fraction of sp³-hybridized carbons (Fsp3) is 0.667. The summed E-state index contributed by atoms with van der Waals surface area (Å²) in [5.74, 6) is 0. The molecule has 4 N–H and O–H groups in total. The highest BCUT2D eigenvalue weighted by molar-refractivity contribution is 7.10. The highest BCUT2D eigenvalue weighted by atomic mass is 32.1. The summed E-state index contributed by atoms with van der Waals surface area (Å²) in [6, 6.07) is 2.77. The highest BCUT2D eigenvalue weighted by Crippen LogP contribution is 2.20.